The summed E-state index contributed by atoms with van der Waals surface area (Å²) in [5.41, 5.74) is 1.66. The van der Waals surface area contributed by atoms with Crippen LogP contribution in [0.2, 0.25) is 0 Å². The highest BCUT2D eigenvalue weighted by Crippen LogP contribution is 2.06. The molecule has 0 radical (unpaired) electrons. The molecule has 0 aliphatic rings. The van der Waals surface area contributed by atoms with Crippen molar-refractivity contribution in [3.05, 3.63) is 47.5 Å². The van der Waals surface area contributed by atoms with Crippen molar-refractivity contribution in [2.45, 2.75) is 12.8 Å². The maximum atomic E-state index is 11.2. The Balaban J connectivity index is 2.82. The summed E-state index contributed by atoms with van der Waals surface area (Å²) in [4.78, 5) is 11.2. The van der Waals surface area contributed by atoms with Crippen molar-refractivity contribution in [1.82, 2.24) is 0 Å². The van der Waals surface area contributed by atoms with Crippen molar-refractivity contribution in [3.63, 3.8) is 0 Å². The monoisotopic (exact) mass is 262 g/mol. The number of halogens is 1. The number of ether oxygens (including phenoxy) is 1. The number of hydrogen-bond donors (Lipinski definition) is 0. The second-order valence-electron chi connectivity index (χ2n) is 3.60. The second-order valence-corrected chi connectivity index (χ2v) is 3.98. The summed E-state index contributed by atoms with van der Waals surface area (Å²) in [6, 6.07) is 9.62. The summed E-state index contributed by atoms with van der Waals surface area (Å²) in [6.45, 7) is 0. The Labute approximate surface area is 113 Å². The molecule has 1 rings (SSSR count). The van der Waals surface area contributed by atoms with Crippen molar-refractivity contribution in [2.75, 3.05) is 13.0 Å². The molecule has 2 nitrogen and oxygen atoms in total. The van der Waals surface area contributed by atoms with E-state index >= 15 is 0 Å². The third-order valence-corrected chi connectivity index (χ3v) is 2.48. The lowest BCUT2D eigenvalue weighted by atomic mass is 10.1. The van der Waals surface area contributed by atoms with Crippen LogP contribution in [0.1, 0.15) is 18.4 Å². The van der Waals surface area contributed by atoms with Crippen molar-refractivity contribution < 1.29 is 9.53 Å². The number of benzene rings is 1. The van der Waals surface area contributed by atoms with Gasteiger partial charge in [0.2, 0.25) is 0 Å². The van der Waals surface area contributed by atoms with E-state index in [4.69, 9.17) is 11.6 Å². The van der Waals surface area contributed by atoms with Gasteiger partial charge in [-0.1, -0.05) is 30.0 Å². The molecular weight excluding hydrogens is 248 g/mol. The van der Waals surface area contributed by atoms with Crippen molar-refractivity contribution in [2.24, 2.45) is 0 Å². The standard InChI is InChI=1S/C15H15ClO2/c1-18-15(17)12-14(8-5-11-16)10-9-13-6-3-2-4-7-13/h2-4,6-7,12H,5,8,11H2,1H3/b14-12-. The number of carbonyl (C=O) groups excluding carboxylic acids is 1. The highest BCUT2D eigenvalue weighted by atomic mass is 35.5. The van der Waals surface area contributed by atoms with E-state index in [1.54, 1.807) is 0 Å². The lowest BCUT2D eigenvalue weighted by Gasteiger charge is -1.97. The summed E-state index contributed by atoms with van der Waals surface area (Å²) in [6.07, 6.45) is 2.88. The van der Waals surface area contributed by atoms with Crippen LogP contribution in [0.3, 0.4) is 0 Å². The smallest absolute Gasteiger partial charge is 0.331 e. The Kier molecular flexibility index (Phi) is 6.68. The fourth-order valence-corrected chi connectivity index (χ4v) is 1.44. The number of hydrogen-bond acceptors (Lipinski definition) is 2. The molecule has 0 atom stereocenters. The van der Waals surface area contributed by atoms with Crippen LogP contribution in [0.15, 0.2) is 42.0 Å². The van der Waals surface area contributed by atoms with Crippen LogP contribution in [-0.2, 0) is 9.53 Å². The molecule has 18 heavy (non-hydrogen) atoms. The molecule has 0 unspecified atom stereocenters. The maximum absolute atomic E-state index is 11.2. The SMILES string of the molecule is COC(=O)/C=C(\C#Cc1ccccc1)CCCCl. The molecule has 0 heterocycles. The van der Waals surface area contributed by atoms with E-state index in [1.807, 2.05) is 30.3 Å². The van der Waals surface area contributed by atoms with Crippen LogP contribution in [0.25, 0.3) is 0 Å². The van der Waals surface area contributed by atoms with Gasteiger partial charge in [-0.25, -0.2) is 4.79 Å². The molecule has 1 aromatic rings. The fraction of sp³-hybridized carbons (Fsp3) is 0.267. The van der Waals surface area contributed by atoms with Gasteiger partial charge in [0, 0.05) is 23.1 Å². The first-order valence-electron chi connectivity index (χ1n) is 5.68. The number of rotatable bonds is 4. The van der Waals surface area contributed by atoms with Gasteiger partial charge in [0.15, 0.2) is 0 Å². The van der Waals surface area contributed by atoms with E-state index in [-0.39, 0.29) is 5.97 Å². The zero-order chi connectivity index (χ0) is 13.2. The molecule has 0 saturated heterocycles. The van der Waals surface area contributed by atoms with Gasteiger partial charge in [-0.15, -0.1) is 11.6 Å². The van der Waals surface area contributed by atoms with E-state index in [9.17, 15) is 4.79 Å². The molecule has 0 aliphatic carbocycles. The van der Waals surface area contributed by atoms with E-state index in [2.05, 4.69) is 16.6 Å². The van der Waals surface area contributed by atoms with E-state index in [1.165, 1.54) is 13.2 Å². The van der Waals surface area contributed by atoms with Gasteiger partial charge in [-0.05, 0) is 25.0 Å². The Hall–Kier alpha value is -1.72. The van der Waals surface area contributed by atoms with Crippen LogP contribution >= 0.6 is 11.6 Å². The molecule has 3 heteroatoms. The minimum absolute atomic E-state index is 0.387. The molecule has 0 amide bonds. The largest absolute Gasteiger partial charge is 0.466 e. The van der Waals surface area contributed by atoms with Crippen LogP contribution < -0.4 is 0 Å². The Morgan fingerprint density at radius 1 is 1.39 bits per heavy atom. The highest BCUT2D eigenvalue weighted by Gasteiger charge is 1.99. The summed E-state index contributed by atoms with van der Waals surface area (Å²) in [5.74, 6) is 6.16. The molecule has 0 N–H and O–H groups in total. The molecule has 94 valence electrons. The normalized spacial score (nSPS) is 10.4. The van der Waals surface area contributed by atoms with Crippen molar-refractivity contribution >= 4 is 17.6 Å². The number of methoxy groups -OCH3 is 1. The third-order valence-electron chi connectivity index (χ3n) is 2.21. The maximum Gasteiger partial charge on any atom is 0.331 e. The first-order chi connectivity index (χ1) is 8.76. The van der Waals surface area contributed by atoms with Crippen LogP contribution in [0.4, 0.5) is 0 Å². The third kappa shape index (κ3) is 5.56. The molecule has 0 saturated carbocycles. The van der Waals surface area contributed by atoms with Gasteiger partial charge in [-0.3, -0.25) is 0 Å². The molecule has 1 aromatic carbocycles. The fourth-order valence-electron chi connectivity index (χ4n) is 1.30. The van der Waals surface area contributed by atoms with Crippen LogP contribution in [0, 0.1) is 11.8 Å². The number of esters is 1. The van der Waals surface area contributed by atoms with Gasteiger partial charge < -0.3 is 4.74 Å². The van der Waals surface area contributed by atoms with Gasteiger partial charge in [0.25, 0.3) is 0 Å². The summed E-state index contributed by atoms with van der Waals surface area (Å²) >= 11 is 5.64. The minimum Gasteiger partial charge on any atom is -0.466 e. The molecular formula is C15H15ClO2. The molecule has 0 fully saturated rings. The highest BCUT2D eigenvalue weighted by molar-refractivity contribution is 6.17. The van der Waals surface area contributed by atoms with Crippen LogP contribution in [0.5, 0.6) is 0 Å². The van der Waals surface area contributed by atoms with Gasteiger partial charge >= 0.3 is 5.97 Å². The molecule has 0 spiro atoms. The van der Waals surface area contributed by atoms with E-state index in [0.29, 0.717) is 12.3 Å². The van der Waals surface area contributed by atoms with E-state index in [0.717, 1.165) is 17.6 Å². The predicted molar refractivity (Wildman–Crippen MR) is 73.4 cm³/mol. The predicted octanol–water partition coefficient (Wildman–Crippen LogP) is 3.16. The first-order valence-corrected chi connectivity index (χ1v) is 6.21. The van der Waals surface area contributed by atoms with Gasteiger partial charge in [0.1, 0.15) is 0 Å². The number of allylic oxidation sites excluding steroid dienone is 1. The minimum atomic E-state index is -0.387. The zero-order valence-corrected chi connectivity index (χ0v) is 11.0. The Morgan fingerprint density at radius 2 is 2.11 bits per heavy atom. The quantitative estimate of drug-likeness (QED) is 0.361. The summed E-state index contributed by atoms with van der Waals surface area (Å²) < 4.78 is 4.60. The first kappa shape index (κ1) is 14.3. The summed E-state index contributed by atoms with van der Waals surface area (Å²) in [5, 5.41) is 0. The van der Waals surface area contributed by atoms with Gasteiger partial charge in [0.05, 0.1) is 7.11 Å². The van der Waals surface area contributed by atoms with Crippen LogP contribution in [-0.4, -0.2) is 19.0 Å². The average molecular weight is 263 g/mol. The van der Waals surface area contributed by atoms with Gasteiger partial charge in [-0.2, -0.15) is 0 Å². The summed E-state index contributed by atoms with van der Waals surface area (Å²) in [7, 11) is 1.35. The van der Waals surface area contributed by atoms with E-state index < -0.39 is 0 Å². The molecule has 0 aromatic heterocycles. The number of carbonyl (C=O) groups is 1. The zero-order valence-electron chi connectivity index (χ0n) is 10.3. The molecule has 0 bridgehead atoms. The average Bonchev–Trinajstić information content (AvgIpc) is 2.42. The topological polar surface area (TPSA) is 26.3 Å². The Morgan fingerprint density at radius 3 is 2.72 bits per heavy atom. The van der Waals surface area contributed by atoms with Crippen molar-refractivity contribution in [1.29, 1.82) is 0 Å². The molecule has 0 aliphatic heterocycles. The Bertz CT molecular complexity index is 466. The second kappa shape index (κ2) is 8.38. The lowest BCUT2D eigenvalue weighted by Crippen LogP contribution is -1.97. The van der Waals surface area contributed by atoms with Crippen molar-refractivity contribution in [3.8, 4) is 11.8 Å². The number of alkyl halides is 1. The lowest BCUT2D eigenvalue weighted by molar-refractivity contribution is -0.134.